The fourth-order valence-corrected chi connectivity index (χ4v) is 1.18. The van der Waals surface area contributed by atoms with Gasteiger partial charge in [0.1, 0.15) is 0 Å². The number of nitrogen functional groups attached to an aromatic ring is 1. The monoisotopic (exact) mass is 201 g/mol. The van der Waals surface area contributed by atoms with Crippen molar-refractivity contribution in [1.82, 2.24) is 4.98 Å². The number of aromatic nitrogens is 1. The number of primary amides is 1. The van der Waals surface area contributed by atoms with Gasteiger partial charge < -0.3 is 11.5 Å². The van der Waals surface area contributed by atoms with Crippen LogP contribution in [0.25, 0.3) is 0 Å². The maximum atomic E-state index is 12.5. The van der Waals surface area contributed by atoms with Crippen molar-refractivity contribution in [3.63, 3.8) is 0 Å². The molecule has 4 N–H and O–H groups in total. The SMILES string of the molecule is Cc1ncc(N)c(C(N)=O)c1C(F)F. The first-order chi connectivity index (χ1) is 6.45. The molecular weight excluding hydrogens is 192 g/mol. The highest BCUT2D eigenvalue weighted by molar-refractivity contribution is 5.99. The average molecular weight is 201 g/mol. The van der Waals surface area contributed by atoms with E-state index in [1.807, 2.05) is 0 Å². The summed E-state index contributed by atoms with van der Waals surface area (Å²) in [7, 11) is 0. The zero-order valence-electron chi connectivity index (χ0n) is 7.42. The van der Waals surface area contributed by atoms with Crippen LogP contribution in [-0.2, 0) is 0 Å². The lowest BCUT2D eigenvalue weighted by Crippen LogP contribution is -2.18. The molecular formula is C8H9F2N3O. The summed E-state index contributed by atoms with van der Waals surface area (Å²) in [6.07, 6.45) is -1.67. The van der Waals surface area contributed by atoms with Crippen molar-refractivity contribution in [2.75, 3.05) is 5.73 Å². The Morgan fingerprint density at radius 1 is 1.57 bits per heavy atom. The molecule has 1 amide bonds. The Balaban J connectivity index is 3.50. The van der Waals surface area contributed by atoms with Gasteiger partial charge >= 0.3 is 0 Å². The molecule has 0 atom stereocenters. The van der Waals surface area contributed by atoms with Gasteiger partial charge in [0, 0.05) is 5.69 Å². The molecule has 14 heavy (non-hydrogen) atoms. The van der Waals surface area contributed by atoms with Crippen LogP contribution in [0.2, 0.25) is 0 Å². The van der Waals surface area contributed by atoms with Gasteiger partial charge in [0.2, 0.25) is 0 Å². The Kier molecular flexibility index (Phi) is 2.64. The molecule has 0 saturated carbocycles. The van der Waals surface area contributed by atoms with Crippen molar-refractivity contribution in [3.05, 3.63) is 23.0 Å². The lowest BCUT2D eigenvalue weighted by atomic mass is 10.1. The summed E-state index contributed by atoms with van der Waals surface area (Å²) in [6, 6.07) is 0. The van der Waals surface area contributed by atoms with E-state index in [1.54, 1.807) is 0 Å². The molecule has 1 rings (SSSR count). The molecule has 0 radical (unpaired) electrons. The topological polar surface area (TPSA) is 82.0 Å². The Morgan fingerprint density at radius 2 is 2.14 bits per heavy atom. The number of anilines is 1. The smallest absolute Gasteiger partial charge is 0.266 e. The van der Waals surface area contributed by atoms with E-state index in [2.05, 4.69) is 4.98 Å². The number of aryl methyl sites for hydroxylation is 1. The zero-order chi connectivity index (χ0) is 10.9. The second-order valence-electron chi connectivity index (χ2n) is 2.75. The van der Waals surface area contributed by atoms with Gasteiger partial charge in [-0.05, 0) is 6.92 Å². The molecule has 0 aliphatic carbocycles. The number of hydrogen-bond acceptors (Lipinski definition) is 3. The van der Waals surface area contributed by atoms with Crippen molar-refractivity contribution in [3.8, 4) is 0 Å². The van der Waals surface area contributed by atoms with Gasteiger partial charge in [-0.1, -0.05) is 0 Å². The first-order valence-corrected chi connectivity index (χ1v) is 3.78. The number of rotatable bonds is 2. The van der Waals surface area contributed by atoms with Crippen molar-refractivity contribution in [2.45, 2.75) is 13.3 Å². The van der Waals surface area contributed by atoms with Crippen LogP contribution in [0.4, 0.5) is 14.5 Å². The molecule has 0 fully saturated rings. The molecule has 6 heteroatoms. The summed E-state index contributed by atoms with van der Waals surface area (Å²) in [5, 5.41) is 0. The van der Waals surface area contributed by atoms with E-state index < -0.39 is 17.9 Å². The minimum absolute atomic E-state index is 0.0583. The summed E-state index contributed by atoms with van der Waals surface area (Å²) < 4.78 is 25.1. The highest BCUT2D eigenvalue weighted by Crippen LogP contribution is 2.28. The number of nitrogens with zero attached hydrogens (tertiary/aromatic N) is 1. The summed E-state index contributed by atoms with van der Waals surface area (Å²) in [4.78, 5) is 14.5. The standard InChI is InChI=1S/C8H9F2N3O/c1-3-5(7(9)10)6(8(12)14)4(11)2-13-3/h2,7H,11H2,1H3,(H2,12,14). The Bertz CT molecular complexity index is 379. The average Bonchev–Trinajstić information content (AvgIpc) is 2.07. The highest BCUT2D eigenvalue weighted by Gasteiger charge is 2.22. The van der Waals surface area contributed by atoms with E-state index in [0.29, 0.717) is 0 Å². The fourth-order valence-electron chi connectivity index (χ4n) is 1.18. The van der Waals surface area contributed by atoms with Crippen molar-refractivity contribution in [1.29, 1.82) is 0 Å². The maximum Gasteiger partial charge on any atom is 0.266 e. The minimum Gasteiger partial charge on any atom is -0.397 e. The molecule has 0 spiro atoms. The Hall–Kier alpha value is -1.72. The number of hydrogen-bond donors (Lipinski definition) is 2. The number of alkyl halides is 2. The van der Waals surface area contributed by atoms with Crippen molar-refractivity contribution in [2.24, 2.45) is 5.73 Å². The van der Waals surface area contributed by atoms with E-state index in [0.717, 1.165) is 6.20 Å². The number of carbonyl (C=O) groups excluding carboxylic acids is 1. The molecule has 0 aromatic carbocycles. The number of halogens is 2. The molecule has 1 heterocycles. The summed E-state index contributed by atoms with van der Waals surface area (Å²) >= 11 is 0. The summed E-state index contributed by atoms with van der Waals surface area (Å²) in [6.45, 7) is 1.37. The van der Waals surface area contributed by atoms with Gasteiger partial charge in [-0.2, -0.15) is 0 Å². The third kappa shape index (κ3) is 1.63. The highest BCUT2D eigenvalue weighted by atomic mass is 19.3. The van der Waals surface area contributed by atoms with E-state index in [-0.39, 0.29) is 16.9 Å². The second kappa shape index (κ2) is 3.57. The predicted octanol–water partition coefficient (Wildman–Crippen LogP) is 1.01. The van der Waals surface area contributed by atoms with E-state index >= 15 is 0 Å². The number of pyridine rings is 1. The third-order valence-corrected chi connectivity index (χ3v) is 1.81. The predicted molar refractivity (Wildman–Crippen MR) is 46.9 cm³/mol. The Morgan fingerprint density at radius 3 is 2.50 bits per heavy atom. The quantitative estimate of drug-likeness (QED) is 0.749. The molecule has 0 bridgehead atoms. The van der Waals surface area contributed by atoms with Gasteiger partial charge in [-0.3, -0.25) is 9.78 Å². The molecule has 4 nitrogen and oxygen atoms in total. The lowest BCUT2D eigenvalue weighted by molar-refractivity contribution is 0.0986. The van der Waals surface area contributed by atoms with E-state index in [4.69, 9.17) is 11.5 Å². The fraction of sp³-hybridized carbons (Fsp3) is 0.250. The molecule has 0 aliphatic heterocycles. The maximum absolute atomic E-state index is 12.5. The lowest BCUT2D eigenvalue weighted by Gasteiger charge is -2.10. The largest absolute Gasteiger partial charge is 0.397 e. The van der Waals surface area contributed by atoms with Crippen molar-refractivity contribution >= 4 is 11.6 Å². The van der Waals surface area contributed by atoms with Crippen LogP contribution in [0.1, 0.15) is 28.0 Å². The van der Waals surface area contributed by atoms with Crippen LogP contribution in [0.5, 0.6) is 0 Å². The third-order valence-electron chi connectivity index (χ3n) is 1.81. The molecule has 1 aromatic heterocycles. The second-order valence-corrected chi connectivity index (χ2v) is 2.75. The van der Waals surface area contributed by atoms with Crippen LogP contribution in [0, 0.1) is 6.92 Å². The van der Waals surface area contributed by atoms with Gasteiger partial charge in [0.25, 0.3) is 12.3 Å². The molecule has 1 aromatic rings. The van der Waals surface area contributed by atoms with Gasteiger partial charge in [0.05, 0.1) is 23.0 Å². The van der Waals surface area contributed by atoms with Gasteiger partial charge in [-0.15, -0.1) is 0 Å². The van der Waals surface area contributed by atoms with Crippen LogP contribution in [0.15, 0.2) is 6.20 Å². The summed E-state index contributed by atoms with van der Waals surface area (Å²) in [5.41, 5.74) is 9.38. The zero-order valence-corrected chi connectivity index (χ0v) is 7.42. The van der Waals surface area contributed by atoms with E-state index in [1.165, 1.54) is 6.92 Å². The Labute approximate surface area is 78.9 Å². The first-order valence-electron chi connectivity index (χ1n) is 3.78. The molecule has 76 valence electrons. The van der Waals surface area contributed by atoms with Gasteiger partial charge in [-0.25, -0.2) is 8.78 Å². The van der Waals surface area contributed by atoms with Crippen molar-refractivity contribution < 1.29 is 13.6 Å². The van der Waals surface area contributed by atoms with E-state index in [9.17, 15) is 13.6 Å². The van der Waals surface area contributed by atoms with Gasteiger partial charge in [0.15, 0.2) is 0 Å². The van der Waals surface area contributed by atoms with Crippen LogP contribution < -0.4 is 11.5 Å². The normalized spacial score (nSPS) is 10.6. The van der Waals surface area contributed by atoms with Crippen LogP contribution in [0.3, 0.4) is 0 Å². The number of amides is 1. The van der Waals surface area contributed by atoms with Crippen LogP contribution in [-0.4, -0.2) is 10.9 Å². The number of carbonyl (C=O) groups is 1. The first kappa shape index (κ1) is 10.4. The number of nitrogens with two attached hydrogens (primary N) is 2. The summed E-state index contributed by atoms with van der Waals surface area (Å²) in [5.74, 6) is -0.969. The molecule has 0 aliphatic rings. The molecule has 0 unspecified atom stereocenters. The molecule has 0 saturated heterocycles. The minimum atomic E-state index is -2.81. The van der Waals surface area contributed by atoms with Crippen LogP contribution >= 0.6 is 0 Å².